The molecule has 0 aliphatic heterocycles. The minimum Gasteiger partial charge on any atom is -0.405 e. The number of carbonyl (C=O) groups excluding carboxylic acids is 1. The van der Waals surface area contributed by atoms with Gasteiger partial charge in [-0.15, -0.1) is 0 Å². The highest BCUT2D eigenvalue weighted by atomic mass is 16.1. The summed E-state index contributed by atoms with van der Waals surface area (Å²) in [6.45, 7) is 2.10. The molecular formula is C14H17NO. The van der Waals surface area contributed by atoms with E-state index in [2.05, 4.69) is 19.1 Å². The average Bonchev–Trinajstić information content (AvgIpc) is 2.70. The number of ketones is 1. The number of hydrogen-bond acceptors (Lipinski definition) is 2. The molecule has 0 amide bonds. The quantitative estimate of drug-likeness (QED) is 0.824. The molecular weight excluding hydrogens is 198 g/mol. The maximum Gasteiger partial charge on any atom is 0.140 e. The van der Waals surface area contributed by atoms with Gasteiger partial charge in [0, 0.05) is 12.3 Å². The number of nitrogens with two attached hydrogens (primary N) is 1. The summed E-state index contributed by atoms with van der Waals surface area (Å²) in [5.41, 5.74) is 7.90. The van der Waals surface area contributed by atoms with Gasteiger partial charge >= 0.3 is 0 Å². The van der Waals surface area contributed by atoms with Gasteiger partial charge < -0.3 is 5.73 Å². The molecule has 0 radical (unpaired) electrons. The molecule has 1 unspecified atom stereocenters. The Kier molecular flexibility index (Phi) is 3.09. The number of hydrogen-bond donors (Lipinski definition) is 1. The molecule has 2 rings (SSSR count). The second kappa shape index (κ2) is 4.52. The molecule has 1 aliphatic rings. The van der Waals surface area contributed by atoms with Gasteiger partial charge in [0.05, 0.1) is 0 Å². The summed E-state index contributed by atoms with van der Waals surface area (Å²) in [5, 5.41) is 0. The molecule has 16 heavy (non-hydrogen) atoms. The Bertz CT molecular complexity index is 408. The number of rotatable bonds is 2. The van der Waals surface area contributed by atoms with Crippen LogP contribution in [0.15, 0.2) is 42.1 Å². The second-order valence-electron chi connectivity index (χ2n) is 4.38. The van der Waals surface area contributed by atoms with Gasteiger partial charge in [0.25, 0.3) is 0 Å². The lowest BCUT2D eigenvalue weighted by molar-refractivity contribution is -0.120. The van der Waals surface area contributed by atoms with Gasteiger partial charge in [0.2, 0.25) is 0 Å². The van der Waals surface area contributed by atoms with Crippen LogP contribution in [0.25, 0.3) is 0 Å². The van der Waals surface area contributed by atoms with Crippen molar-refractivity contribution in [2.75, 3.05) is 0 Å². The Morgan fingerprint density at radius 3 is 2.62 bits per heavy atom. The van der Waals surface area contributed by atoms with Crippen molar-refractivity contribution in [1.29, 1.82) is 0 Å². The van der Waals surface area contributed by atoms with Crippen LogP contribution in [0, 0.1) is 5.92 Å². The van der Waals surface area contributed by atoms with E-state index in [-0.39, 0.29) is 11.8 Å². The van der Waals surface area contributed by atoms with Crippen LogP contribution in [0.2, 0.25) is 0 Å². The third-order valence-corrected chi connectivity index (χ3v) is 3.45. The second-order valence-corrected chi connectivity index (χ2v) is 4.38. The predicted molar refractivity (Wildman–Crippen MR) is 64.9 cm³/mol. The highest BCUT2D eigenvalue weighted by molar-refractivity contribution is 5.88. The molecule has 0 heterocycles. The maximum absolute atomic E-state index is 11.9. The number of allylic oxidation sites excluding steroid dienone is 1. The van der Waals surface area contributed by atoms with Crippen LogP contribution in [-0.4, -0.2) is 5.78 Å². The fraction of sp³-hybridized carbons (Fsp3) is 0.357. The van der Waals surface area contributed by atoms with Crippen LogP contribution >= 0.6 is 0 Å². The lowest BCUT2D eigenvalue weighted by atomic mass is 9.84. The van der Waals surface area contributed by atoms with Crippen LogP contribution in [0.4, 0.5) is 0 Å². The fourth-order valence-corrected chi connectivity index (χ4v) is 2.52. The van der Waals surface area contributed by atoms with Gasteiger partial charge in [-0.2, -0.15) is 0 Å². The van der Waals surface area contributed by atoms with Crippen molar-refractivity contribution in [1.82, 2.24) is 0 Å². The smallest absolute Gasteiger partial charge is 0.140 e. The van der Waals surface area contributed by atoms with E-state index < -0.39 is 0 Å². The molecule has 1 saturated carbocycles. The van der Waals surface area contributed by atoms with E-state index in [1.165, 1.54) is 5.56 Å². The first-order chi connectivity index (χ1) is 7.74. The van der Waals surface area contributed by atoms with E-state index in [9.17, 15) is 4.79 Å². The zero-order valence-corrected chi connectivity index (χ0v) is 9.52. The maximum atomic E-state index is 11.9. The van der Waals surface area contributed by atoms with Crippen molar-refractivity contribution in [3.63, 3.8) is 0 Å². The lowest BCUT2D eigenvalue weighted by Crippen LogP contribution is -2.16. The molecule has 0 spiro atoms. The first kappa shape index (κ1) is 10.9. The first-order valence-electron chi connectivity index (χ1n) is 5.72. The third kappa shape index (κ3) is 1.87. The molecule has 84 valence electrons. The van der Waals surface area contributed by atoms with Gasteiger partial charge in [0.1, 0.15) is 5.78 Å². The summed E-state index contributed by atoms with van der Waals surface area (Å²) in [7, 11) is 0. The van der Waals surface area contributed by atoms with E-state index in [4.69, 9.17) is 5.73 Å². The topological polar surface area (TPSA) is 43.1 Å². The van der Waals surface area contributed by atoms with E-state index in [1.54, 1.807) is 6.20 Å². The van der Waals surface area contributed by atoms with E-state index in [1.807, 2.05) is 18.2 Å². The van der Waals surface area contributed by atoms with Gasteiger partial charge in [-0.1, -0.05) is 37.3 Å². The molecule has 0 aromatic heterocycles. The summed E-state index contributed by atoms with van der Waals surface area (Å²) >= 11 is 0. The zero-order valence-electron chi connectivity index (χ0n) is 9.52. The van der Waals surface area contributed by atoms with Crippen molar-refractivity contribution in [3.05, 3.63) is 47.7 Å². The van der Waals surface area contributed by atoms with E-state index >= 15 is 0 Å². The Hall–Kier alpha value is -1.57. The van der Waals surface area contributed by atoms with Crippen LogP contribution in [-0.2, 0) is 4.79 Å². The van der Waals surface area contributed by atoms with Crippen LogP contribution in [0.1, 0.15) is 31.2 Å². The fourth-order valence-electron chi connectivity index (χ4n) is 2.52. The SMILES string of the molecule is CC(c1ccccc1)[C@@H]1C(=O)CCC1=CN. The Morgan fingerprint density at radius 1 is 1.31 bits per heavy atom. The zero-order chi connectivity index (χ0) is 11.5. The minimum atomic E-state index is -0.00704. The average molecular weight is 215 g/mol. The van der Waals surface area contributed by atoms with Crippen LogP contribution in [0.5, 0.6) is 0 Å². The number of benzene rings is 1. The molecule has 2 atom stereocenters. The Morgan fingerprint density at radius 2 is 2.00 bits per heavy atom. The van der Waals surface area contributed by atoms with E-state index in [0.29, 0.717) is 12.2 Å². The van der Waals surface area contributed by atoms with Crippen molar-refractivity contribution in [2.24, 2.45) is 11.7 Å². The minimum absolute atomic E-state index is 0.00704. The molecule has 2 nitrogen and oxygen atoms in total. The lowest BCUT2D eigenvalue weighted by Gasteiger charge is -2.19. The normalized spacial score (nSPS) is 24.9. The molecule has 0 saturated heterocycles. The third-order valence-electron chi connectivity index (χ3n) is 3.45. The standard InChI is InChI=1S/C14H17NO/c1-10(11-5-3-2-4-6-11)14-12(9-15)7-8-13(14)16/h2-6,9-10,14H,7-8,15H2,1H3/t10?,14-/m0/s1. The van der Waals surface area contributed by atoms with Gasteiger partial charge in [-0.25, -0.2) is 0 Å². The van der Waals surface area contributed by atoms with Gasteiger partial charge in [0.15, 0.2) is 0 Å². The highest BCUT2D eigenvalue weighted by Crippen LogP contribution is 2.38. The largest absolute Gasteiger partial charge is 0.405 e. The number of Topliss-reactive ketones (excluding diaryl/α,β-unsaturated/α-hetero) is 1. The van der Waals surface area contributed by atoms with Crippen molar-refractivity contribution in [2.45, 2.75) is 25.7 Å². The summed E-state index contributed by atoms with van der Waals surface area (Å²) in [6.07, 6.45) is 3.09. The summed E-state index contributed by atoms with van der Waals surface area (Å²) in [5.74, 6) is 0.548. The number of carbonyl (C=O) groups is 1. The molecule has 0 bridgehead atoms. The van der Waals surface area contributed by atoms with Crippen LogP contribution < -0.4 is 5.73 Å². The Labute approximate surface area is 96.2 Å². The van der Waals surface area contributed by atoms with Gasteiger partial charge in [-0.05, 0) is 29.7 Å². The molecule has 2 N–H and O–H groups in total. The molecule has 1 aliphatic carbocycles. The van der Waals surface area contributed by atoms with Gasteiger partial charge in [-0.3, -0.25) is 4.79 Å². The molecule has 1 aromatic rings. The summed E-state index contributed by atoms with van der Waals surface area (Å²) in [6, 6.07) is 10.2. The first-order valence-corrected chi connectivity index (χ1v) is 5.72. The van der Waals surface area contributed by atoms with Crippen molar-refractivity contribution >= 4 is 5.78 Å². The molecule has 2 heteroatoms. The van der Waals surface area contributed by atoms with Crippen molar-refractivity contribution < 1.29 is 4.79 Å². The Balaban J connectivity index is 2.27. The summed E-state index contributed by atoms with van der Waals surface area (Å²) < 4.78 is 0. The highest BCUT2D eigenvalue weighted by Gasteiger charge is 2.34. The van der Waals surface area contributed by atoms with E-state index in [0.717, 1.165) is 12.0 Å². The predicted octanol–water partition coefficient (Wildman–Crippen LogP) is 2.61. The van der Waals surface area contributed by atoms with Crippen LogP contribution in [0.3, 0.4) is 0 Å². The molecule has 1 fully saturated rings. The van der Waals surface area contributed by atoms with Crippen molar-refractivity contribution in [3.8, 4) is 0 Å². The summed E-state index contributed by atoms with van der Waals surface area (Å²) in [4.78, 5) is 11.9. The monoisotopic (exact) mass is 215 g/mol. The molecule has 1 aromatic carbocycles.